The molecule has 7 nitrogen and oxygen atoms in total. The predicted octanol–water partition coefficient (Wildman–Crippen LogP) is 3.83. The molecule has 9 heteroatoms. The second kappa shape index (κ2) is 8.10. The highest BCUT2D eigenvalue weighted by atomic mass is 32.1. The van der Waals surface area contributed by atoms with Crippen LogP contribution in [0.15, 0.2) is 47.2 Å². The number of hydrogen-bond acceptors (Lipinski definition) is 7. The summed E-state index contributed by atoms with van der Waals surface area (Å²) in [6, 6.07) is 10.8. The van der Waals surface area contributed by atoms with Gasteiger partial charge in [0.15, 0.2) is 11.5 Å². The summed E-state index contributed by atoms with van der Waals surface area (Å²) in [7, 11) is 0. The van der Waals surface area contributed by atoms with Gasteiger partial charge in [0, 0.05) is 28.1 Å². The number of carbonyl (C=O) groups is 2. The van der Waals surface area contributed by atoms with Crippen LogP contribution in [0.3, 0.4) is 0 Å². The molecule has 154 valence electrons. The fraction of sp³-hybridized carbons (Fsp3) is 0.238. The van der Waals surface area contributed by atoms with Gasteiger partial charge in [-0.05, 0) is 47.0 Å². The molecule has 5 rings (SSSR count). The summed E-state index contributed by atoms with van der Waals surface area (Å²) in [5.74, 6) is 0.862. The van der Waals surface area contributed by atoms with Crippen LogP contribution in [-0.4, -0.2) is 36.7 Å². The van der Waals surface area contributed by atoms with Gasteiger partial charge in [-0.3, -0.25) is 15.0 Å². The van der Waals surface area contributed by atoms with E-state index in [2.05, 4.69) is 33.0 Å². The molecule has 0 unspecified atom stereocenters. The zero-order valence-electron chi connectivity index (χ0n) is 15.9. The first kappa shape index (κ1) is 19.1. The number of hydrogen-bond donors (Lipinski definition) is 2. The maximum atomic E-state index is 12.6. The monoisotopic (exact) mass is 441 g/mol. The lowest BCUT2D eigenvalue weighted by atomic mass is 9.98. The van der Waals surface area contributed by atoms with E-state index in [-0.39, 0.29) is 25.3 Å². The summed E-state index contributed by atoms with van der Waals surface area (Å²) in [6.45, 7) is 1.08. The van der Waals surface area contributed by atoms with E-state index in [4.69, 9.17) is 9.47 Å². The molecule has 0 radical (unpaired) electrons. The summed E-state index contributed by atoms with van der Waals surface area (Å²) in [5, 5.41) is 9.25. The minimum Gasteiger partial charge on any atom is -0.454 e. The molecule has 2 aliphatic rings. The molecule has 0 fully saturated rings. The summed E-state index contributed by atoms with van der Waals surface area (Å²) in [4.78, 5) is 29.6. The molecule has 0 aliphatic carbocycles. The number of urea groups is 1. The number of anilines is 1. The fourth-order valence-electron chi connectivity index (χ4n) is 3.81. The van der Waals surface area contributed by atoms with Gasteiger partial charge in [-0.15, -0.1) is 22.7 Å². The number of thiophene rings is 2. The van der Waals surface area contributed by atoms with E-state index in [0.717, 1.165) is 13.0 Å². The van der Waals surface area contributed by atoms with Crippen molar-refractivity contribution in [2.75, 3.05) is 25.2 Å². The zero-order chi connectivity index (χ0) is 20.5. The molecule has 1 aromatic carbocycles. The molecular formula is C21H19N3O4S2. The molecule has 1 atom stereocenters. The van der Waals surface area contributed by atoms with Crippen molar-refractivity contribution in [1.82, 2.24) is 10.2 Å². The average Bonchev–Trinajstić information content (AvgIpc) is 3.48. The van der Waals surface area contributed by atoms with E-state index in [1.54, 1.807) is 40.9 Å². The van der Waals surface area contributed by atoms with E-state index in [9.17, 15) is 9.59 Å². The molecule has 30 heavy (non-hydrogen) atoms. The molecule has 0 saturated heterocycles. The minimum absolute atomic E-state index is 0.0441. The lowest BCUT2D eigenvalue weighted by molar-refractivity contribution is -0.121. The zero-order valence-corrected chi connectivity index (χ0v) is 17.6. The van der Waals surface area contributed by atoms with Crippen LogP contribution in [0.2, 0.25) is 0 Å². The van der Waals surface area contributed by atoms with Crippen LogP contribution in [0.1, 0.15) is 21.4 Å². The second-order valence-corrected chi connectivity index (χ2v) is 8.99. The molecule has 2 aromatic heterocycles. The lowest BCUT2D eigenvalue weighted by Crippen LogP contribution is -2.45. The first-order chi connectivity index (χ1) is 14.7. The largest absolute Gasteiger partial charge is 0.454 e. The average molecular weight is 442 g/mol. The summed E-state index contributed by atoms with van der Waals surface area (Å²) in [5.41, 5.74) is 1.79. The first-order valence-corrected chi connectivity index (χ1v) is 11.3. The Hall–Kier alpha value is -2.88. The van der Waals surface area contributed by atoms with Crippen LogP contribution in [0.4, 0.5) is 10.5 Å². The van der Waals surface area contributed by atoms with E-state index < -0.39 is 6.03 Å². The van der Waals surface area contributed by atoms with Crippen LogP contribution in [-0.2, 0) is 11.2 Å². The van der Waals surface area contributed by atoms with Gasteiger partial charge in [0.25, 0.3) is 0 Å². The highest BCUT2D eigenvalue weighted by Crippen LogP contribution is 2.39. The topological polar surface area (TPSA) is 79.9 Å². The van der Waals surface area contributed by atoms with Crippen molar-refractivity contribution in [3.63, 3.8) is 0 Å². The number of amides is 3. The van der Waals surface area contributed by atoms with Crippen molar-refractivity contribution in [3.8, 4) is 11.5 Å². The fourth-order valence-corrected chi connectivity index (χ4v) is 5.59. The number of ether oxygens (including phenoxy) is 2. The SMILES string of the molecule is O=C(CN1CCc2sccc2[C@H]1c1cccs1)NC(=O)Nc1ccc2c(c1)OCO2. The van der Waals surface area contributed by atoms with Crippen molar-refractivity contribution >= 4 is 40.3 Å². The Morgan fingerprint density at radius 3 is 2.87 bits per heavy atom. The molecular weight excluding hydrogens is 422 g/mol. The van der Waals surface area contributed by atoms with E-state index >= 15 is 0 Å². The highest BCUT2D eigenvalue weighted by molar-refractivity contribution is 7.10. The number of nitrogens with zero attached hydrogens (tertiary/aromatic N) is 1. The van der Waals surface area contributed by atoms with Gasteiger partial charge in [-0.2, -0.15) is 0 Å². The second-order valence-electron chi connectivity index (χ2n) is 7.01. The number of rotatable bonds is 4. The van der Waals surface area contributed by atoms with Gasteiger partial charge < -0.3 is 14.8 Å². The summed E-state index contributed by atoms with van der Waals surface area (Å²) in [6.07, 6.45) is 0.908. The molecule has 3 aromatic rings. The van der Waals surface area contributed by atoms with Crippen LogP contribution in [0, 0.1) is 0 Å². The Balaban J connectivity index is 1.24. The standard InChI is InChI=1S/C21H19N3O4S2/c25-19(23-21(26)22-13-3-4-15-16(10-13)28-12-27-15)11-24-7-5-17-14(6-9-30-17)20(24)18-2-1-8-29-18/h1-4,6,8-10,20H,5,7,11-12H2,(H2,22,23,25,26)/t20-/m0/s1. The van der Waals surface area contributed by atoms with Crippen molar-refractivity contribution in [3.05, 3.63) is 62.5 Å². The van der Waals surface area contributed by atoms with Crippen molar-refractivity contribution < 1.29 is 19.1 Å². The number of nitrogens with one attached hydrogen (secondary N) is 2. The van der Waals surface area contributed by atoms with Gasteiger partial charge in [-0.25, -0.2) is 4.79 Å². The van der Waals surface area contributed by atoms with Crippen LogP contribution < -0.4 is 20.1 Å². The Bertz CT molecular complexity index is 1080. The van der Waals surface area contributed by atoms with Gasteiger partial charge in [0.1, 0.15) is 0 Å². The molecule has 3 amide bonds. The molecule has 2 N–H and O–H groups in total. The first-order valence-electron chi connectivity index (χ1n) is 9.51. The molecule has 2 aliphatic heterocycles. The van der Waals surface area contributed by atoms with Crippen LogP contribution in [0.25, 0.3) is 0 Å². The van der Waals surface area contributed by atoms with Crippen molar-refractivity contribution in [1.29, 1.82) is 0 Å². The summed E-state index contributed by atoms with van der Waals surface area (Å²) >= 11 is 3.44. The Labute approximate surface area is 181 Å². The van der Waals surface area contributed by atoms with Gasteiger partial charge in [-0.1, -0.05) is 6.07 Å². The van der Waals surface area contributed by atoms with Crippen LogP contribution >= 0.6 is 22.7 Å². The quantitative estimate of drug-likeness (QED) is 0.643. The molecule has 4 heterocycles. The maximum absolute atomic E-state index is 12.6. The Morgan fingerprint density at radius 2 is 2.00 bits per heavy atom. The molecule has 0 bridgehead atoms. The van der Waals surface area contributed by atoms with Crippen molar-refractivity contribution in [2.24, 2.45) is 0 Å². The predicted molar refractivity (Wildman–Crippen MR) is 115 cm³/mol. The normalized spacial score (nSPS) is 17.4. The molecule has 0 saturated carbocycles. The lowest BCUT2D eigenvalue weighted by Gasteiger charge is -2.34. The highest BCUT2D eigenvalue weighted by Gasteiger charge is 2.31. The number of carbonyl (C=O) groups excluding carboxylic acids is 2. The van der Waals surface area contributed by atoms with E-state index in [0.29, 0.717) is 17.2 Å². The smallest absolute Gasteiger partial charge is 0.325 e. The summed E-state index contributed by atoms with van der Waals surface area (Å²) < 4.78 is 10.6. The van der Waals surface area contributed by atoms with E-state index in [1.807, 2.05) is 11.4 Å². The third-order valence-corrected chi connectivity index (χ3v) is 7.03. The Kier molecular flexibility index (Phi) is 5.16. The van der Waals surface area contributed by atoms with Crippen molar-refractivity contribution in [2.45, 2.75) is 12.5 Å². The molecule has 0 spiro atoms. The minimum atomic E-state index is -0.570. The van der Waals surface area contributed by atoms with Gasteiger partial charge in [0.05, 0.1) is 12.6 Å². The maximum Gasteiger partial charge on any atom is 0.325 e. The third kappa shape index (κ3) is 3.79. The number of imide groups is 1. The van der Waals surface area contributed by atoms with E-state index in [1.165, 1.54) is 15.3 Å². The van der Waals surface area contributed by atoms with Gasteiger partial charge >= 0.3 is 6.03 Å². The van der Waals surface area contributed by atoms with Crippen LogP contribution in [0.5, 0.6) is 11.5 Å². The number of fused-ring (bicyclic) bond motifs is 2. The Morgan fingerprint density at radius 1 is 1.10 bits per heavy atom. The van der Waals surface area contributed by atoms with Gasteiger partial charge in [0.2, 0.25) is 12.7 Å². The number of benzene rings is 1. The third-order valence-electron chi connectivity index (χ3n) is 5.11.